The normalized spacial score (nSPS) is 10.1. The van der Waals surface area contributed by atoms with Crippen molar-refractivity contribution in [1.82, 2.24) is 0 Å². The summed E-state index contributed by atoms with van der Waals surface area (Å²) in [5, 5.41) is 27.3. The van der Waals surface area contributed by atoms with E-state index in [-0.39, 0.29) is 36.5 Å². The zero-order valence-corrected chi connectivity index (χ0v) is 9.43. The summed E-state index contributed by atoms with van der Waals surface area (Å²) in [6, 6.07) is -1.21. The van der Waals surface area contributed by atoms with Crippen molar-refractivity contribution in [3.05, 3.63) is 0 Å². The van der Waals surface area contributed by atoms with Crippen LogP contribution in [0.3, 0.4) is 0 Å². The number of hydrogen-bond donors (Lipinski definition) is 3. The molecule has 0 saturated heterocycles. The average molecular weight is 277 g/mol. The van der Waals surface area contributed by atoms with Gasteiger partial charge in [-0.25, -0.2) is 4.79 Å². The number of rotatable bonds is 5. The van der Waals surface area contributed by atoms with Crippen LogP contribution in [0.15, 0.2) is 0 Å². The van der Waals surface area contributed by atoms with Gasteiger partial charge in [-0.1, -0.05) is 0 Å². The second kappa shape index (κ2) is 11.9. The summed E-state index contributed by atoms with van der Waals surface area (Å²) in [5.41, 5.74) is 8.00. The number of nitrogens with two attached hydrogens (primary N) is 1. The Morgan fingerprint density at radius 3 is 1.88 bits per heavy atom. The molecule has 0 saturated carbocycles. The van der Waals surface area contributed by atoms with Crippen LogP contribution in [0.2, 0.25) is 0 Å². The van der Waals surface area contributed by atoms with Crippen LogP contribution < -0.4 is 21.7 Å². The van der Waals surface area contributed by atoms with Crippen molar-refractivity contribution >= 4 is 17.9 Å². The summed E-state index contributed by atoms with van der Waals surface area (Å²) in [6.07, 6.45) is -0.500. The van der Waals surface area contributed by atoms with E-state index in [0.29, 0.717) is 0 Å². The third-order valence-electron chi connectivity index (χ3n) is 1.18. The maximum Gasteiger partial charge on any atom is 0.359 e. The molecule has 6 N–H and O–H groups in total. The van der Waals surface area contributed by atoms with E-state index in [4.69, 9.17) is 10.8 Å². The minimum Gasteiger partial charge on any atom is -0.550 e. The van der Waals surface area contributed by atoms with Crippen LogP contribution in [0.5, 0.6) is 0 Å². The van der Waals surface area contributed by atoms with E-state index in [1.807, 2.05) is 0 Å². The Hall–Kier alpha value is -1.15. The predicted octanol–water partition coefficient (Wildman–Crippen LogP) is -5.10. The van der Waals surface area contributed by atoms with Crippen molar-refractivity contribution < 1.29 is 52.5 Å². The predicted molar refractivity (Wildman–Crippen MR) is 42.6 cm³/mol. The molecule has 16 heavy (non-hydrogen) atoms. The molecule has 96 valence electrons. The van der Waals surface area contributed by atoms with Gasteiger partial charge in [-0.2, -0.15) is 0 Å². The number of hydrogen-bond acceptors (Lipinski definition) is 6. The largest absolute Gasteiger partial charge is 0.550 e. The molecule has 0 radical (unpaired) electrons. The third-order valence-corrected chi connectivity index (χ3v) is 1.18. The van der Waals surface area contributed by atoms with Gasteiger partial charge in [0.2, 0.25) is 0 Å². The minimum absolute atomic E-state index is 0. The molecule has 0 spiro atoms. The summed E-state index contributed by atoms with van der Waals surface area (Å²) < 4.78 is 0. The molecule has 9 heteroatoms. The molecule has 8 nitrogen and oxygen atoms in total. The molecule has 1 unspecified atom stereocenters. The Morgan fingerprint density at radius 2 is 1.69 bits per heavy atom. The first-order chi connectivity index (χ1) is 6.81. The van der Waals surface area contributed by atoms with E-state index < -0.39 is 23.9 Å². The van der Waals surface area contributed by atoms with E-state index in [9.17, 15) is 24.6 Å². The fraction of sp³-hybridized carbons (Fsp3) is 0.571. The summed E-state index contributed by atoms with van der Waals surface area (Å²) in [6.45, 7) is -0.0278. The Labute approximate surface area is 102 Å². The topological polar surface area (TPSA) is 171 Å². The van der Waals surface area contributed by atoms with Gasteiger partial charge in [-0.15, -0.1) is 0 Å². The van der Waals surface area contributed by atoms with Gasteiger partial charge in [-0.05, 0) is 12.8 Å². The molecule has 0 amide bonds. The molecular formula is C7H13FeN2O6-. The number of carboxylic acids is 3. The molecule has 0 aliphatic carbocycles. The monoisotopic (exact) mass is 277 g/mol. The summed E-state index contributed by atoms with van der Waals surface area (Å²) in [7, 11) is 0. The van der Waals surface area contributed by atoms with Crippen LogP contribution in [0.1, 0.15) is 12.8 Å². The Morgan fingerprint density at radius 1 is 1.31 bits per heavy atom. The maximum absolute atomic E-state index is 9.86. The number of carboxylic acid groups (broad SMARTS) is 3. The van der Waals surface area contributed by atoms with Crippen molar-refractivity contribution in [2.75, 3.05) is 6.54 Å². The second-order valence-corrected chi connectivity index (χ2v) is 2.48. The van der Waals surface area contributed by atoms with Gasteiger partial charge in [0.25, 0.3) is 0 Å². The fourth-order valence-electron chi connectivity index (χ4n) is 0.391. The van der Waals surface area contributed by atoms with Gasteiger partial charge in [0.1, 0.15) is 0 Å². The van der Waals surface area contributed by atoms with Crippen molar-refractivity contribution in [2.24, 2.45) is 5.73 Å². The van der Waals surface area contributed by atoms with Gasteiger partial charge < -0.3 is 36.4 Å². The molecule has 0 aliphatic heterocycles. The van der Waals surface area contributed by atoms with Crippen molar-refractivity contribution in [1.29, 1.82) is 0 Å². The molecule has 0 aliphatic rings. The number of carbonyl (C=O) groups is 3. The van der Waals surface area contributed by atoms with Crippen molar-refractivity contribution in [3.8, 4) is 0 Å². The van der Waals surface area contributed by atoms with Crippen LogP contribution in [0.25, 0.3) is 0 Å². The molecule has 1 atom stereocenters. The SMILES string of the molecule is NC(CCC(=O)[O-])C(=O)[O-].[Fe].[NH3+]CC(=O)O. The van der Waals surface area contributed by atoms with Crippen molar-refractivity contribution in [2.45, 2.75) is 18.9 Å². The zero-order valence-electron chi connectivity index (χ0n) is 8.33. The first-order valence-corrected chi connectivity index (χ1v) is 3.98. The second-order valence-electron chi connectivity index (χ2n) is 2.48. The quantitative estimate of drug-likeness (QED) is 0.421. The van der Waals surface area contributed by atoms with E-state index in [1.165, 1.54) is 0 Å². The van der Waals surface area contributed by atoms with Crippen molar-refractivity contribution in [3.63, 3.8) is 0 Å². The van der Waals surface area contributed by atoms with Gasteiger partial charge in [0.15, 0.2) is 6.54 Å². The van der Waals surface area contributed by atoms with Gasteiger partial charge >= 0.3 is 5.97 Å². The number of carbonyl (C=O) groups excluding carboxylic acids is 2. The van der Waals surface area contributed by atoms with E-state index in [1.54, 1.807) is 0 Å². The number of quaternary nitrogens is 1. The molecule has 0 aromatic heterocycles. The summed E-state index contributed by atoms with van der Waals surface area (Å²) in [5.74, 6) is -3.61. The van der Waals surface area contributed by atoms with E-state index >= 15 is 0 Å². The van der Waals surface area contributed by atoms with Gasteiger partial charge in [0, 0.05) is 29.1 Å². The van der Waals surface area contributed by atoms with E-state index in [2.05, 4.69) is 5.73 Å². The van der Waals surface area contributed by atoms with Gasteiger partial charge in [-0.3, -0.25) is 0 Å². The summed E-state index contributed by atoms with van der Waals surface area (Å²) in [4.78, 5) is 28.9. The Balaban J connectivity index is -0.000000242. The molecule has 0 aromatic carbocycles. The first-order valence-electron chi connectivity index (χ1n) is 3.98. The van der Waals surface area contributed by atoms with Crippen LogP contribution >= 0.6 is 0 Å². The van der Waals surface area contributed by atoms with Gasteiger partial charge in [0.05, 0.1) is 5.97 Å². The number of aliphatic carboxylic acids is 3. The molecule has 0 heterocycles. The fourth-order valence-corrected chi connectivity index (χ4v) is 0.391. The van der Waals surface area contributed by atoms with Crippen LogP contribution in [-0.2, 0) is 31.5 Å². The molecule has 0 aromatic rings. The van der Waals surface area contributed by atoms with Crippen LogP contribution in [-0.4, -0.2) is 35.6 Å². The molecule has 0 rings (SSSR count). The zero-order chi connectivity index (χ0) is 12.4. The average Bonchev–Trinajstić information content (AvgIpc) is 2.14. The minimum atomic E-state index is -1.44. The Bertz CT molecular complexity index is 235. The molecule has 0 bridgehead atoms. The molecule has 0 fully saturated rings. The van der Waals surface area contributed by atoms with Crippen LogP contribution in [0.4, 0.5) is 0 Å². The maximum atomic E-state index is 9.86. The van der Waals surface area contributed by atoms with E-state index in [0.717, 1.165) is 0 Å². The molecular weight excluding hydrogens is 264 g/mol. The smallest absolute Gasteiger partial charge is 0.359 e. The Kier molecular flexibility index (Phi) is 15.1. The van der Waals surface area contributed by atoms with Crippen LogP contribution in [0, 0.1) is 0 Å². The standard InChI is InChI=1S/C5H9NO4.C2H5NO2.Fe/c6-3(5(9)10)1-2-4(7)8;3-1-2(4)5;/h3H,1-2,6H2,(H,7,8)(H,9,10);1,3H2,(H,4,5);/p-1. The third kappa shape index (κ3) is 18.6. The first kappa shape index (κ1) is 20.3. The summed E-state index contributed by atoms with van der Waals surface area (Å²) >= 11 is 0.